The molecule has 5 heteroatoms. The van der Waals surface area contributed by atoms with Gasteiger partial charge in [-0.1, -0.05) is 32.0 Å². The Morgan fingerprint density at radius 2 is 1.79 bits per heavy atom. The molecule has 4 nitrogen and oxygen atoms in total. The highest BCUT2D eigenvalue weighted by atomic mass is 32.2. The maximum atomic E-state index is 12.2. The number of hydrogen-bond donors (Lipinski definition) is 0. The largest absolute Gasteiger partial charge is 0.299 e. The lowest BCUT2D eigenvalue weighted by molar-refractivity contribution is -0.119. The van der Waals surface area contributed by atoms with E-state index >= 15 is 0 Å². The molecule has 0 unspecified atom stereocenters. The summed E-state index contributed by atoms with van der Waals surface area (Å²) in [4.78, 5) is 12.1. The van der Waals surface area contributed by atoms with Gasteiger partial charge in [-0.25, -0.2) is 12.7 Å². The third kappa shape index (κ3) is 4.14. The van der Waals surface area contributed by atoms with E-state index in [0.717, 1.165) is 0 Å². The number of carbonyl (C=O) groups excluding carboxylic acids is 1. The Bertz CT molecular complexity index is 548. The fraction of sp³-hybridized carbons (Fsp3) is 0.500. The lowest BCUT2D eigenvalue weighted by Gasteiger charge is -2.15. The van der Waals surface area contributed by atoms with E-state index in [9.17, 15) is 13.2 Å². The maximum Gasteiger partial charge on any atom is 0.242 e. The van der Waals surface area contributed by atoms with Crippen LogP contribution in [0.25, 0.3) is 0 Å². The molecule has 0 saturated heterocycles. The molecule has 0 aliphatic rings. The van der Waals surface area contributed by atoms with Crippen LogP contribution in [0, 0.1) is 5.92 Å². The van der Waals surface area contributed by atoms with Gasteiger partial charge in [-0.2, -0.15) is 0 Å². The predicted octanol–water partition coefficient (Wildman–Crippen LogP) is 2.09. The fourth-order valence-electron chi connectivity index (χ4n) is 1.84. The van der Waals surface area contributed by atoms with Crippen molar-refractivity contribution in [1.29, 1.82) is 0 Å². The topological polar surface area (TPSA) is 54.5 Å². The van der Waals surface area contributed by atoms with Crippen molar-refractivity contribution in [2.45, 2.75) is 31.6 Å². The van der Waals surface area contributed by atoms with Crippen molar-refractivity contribution in [3.63, 3.8) is 0 Å². The van der Waals surface area contributed by atoms with E-state index in [-0.39, 0.29) is 23.0 Å². The van der Waals surface area contributed by atoms with Crippen molar-refractivity contribution in [3.05, 3.63) is 29.8 Å². The molecule has 0 fully saturated rings. The zero-order valence-corrected chi connectivity index (χ0v) is 12.7. The van der Waals surface area contributed by atoms with Crippen LogP contribution in [-0.4, -0.2) is 32.6 Å². The Labute approximate surface area is 115 Å². The van der Waals surface area contributed by atoms with Gasteiger partial charge in [-0.05, 0) is 17.5 Å². The fourth-order valence-corrected chi connectivity index (χ4v) is 2.95. The summed E-state index contributed by atoms with van der Waals surface area (Å²) in [5, 5.41) is 0. The van der Waals surface area contributed by atoms with Crippen LogP contribution >= 0.6 is 0 Å². The number of nitrogens with zero attached hydrogens (tertiary/aromatic N) is 1. The molecule has 0 aromatic heterocycles. The summed E-state index contributed by atoms with van der Waals surface area (Å²) in [7, 11) is -0.524. The molecule has 0 spiro atoms. The summed E-state index contributed by atoms with van der Waals surface area (Å²) in [6.45, 7) is 3.95. The van der Waals surface area contributed by atoms with Crippen molar-refractivity contribution >= 4 is 15.8 Å². The van der Waals surface area contributed by atoms with Crippen LogP contribution in [0.1, 0.15) is 25.8 Å². The van der Waals surface area contributed by atoms with Crippen LogP contribution in [0.15, 0.2) is 29.2 Å². The van der Waals surface area contributed by atoms with Crippen LogP contribution in [0.5, 0.6) is 0 Å². The SMILES string of the molecule is CC(C)CC(=O)Cc1ccccc1S(=O)(=O)N(C)C. The van der Waals surface area contributed by atoms with Crippen molar-refractivity contribution in [3.8, 4) is 0 Å². The quantitative estimate of drug-likeness (QED) is 0.803. The van der Waals surface area contributed by atoms with Crippen molar-refractivity contribution < 1.29 is 13.2 Å². The lowest BCUT2D eigenvalue weighted by atomic mass is 10.0. The number of benzene rings is 1. The molecular formula is C14H21NO3S. The number of Topliss-reactive ketones (excluding diaryl/α,β-unsaturated/α-hetero) is 1. The molecule has 0 amide bonds. The third-order valence-electron chi connectivity index (χ3n) is 2.75. The molecule has 0 aliphatic heterocycles. The van der Waals surface area contributed by atoms with Gasteiger partial charge >= 0.3 is 0 Å². The first-order valence-electron chi connectivity index (χ1n) is 6.27. The second-order valence-electron chi connectivity index (χ2n) is 5.21. The molecule has 0 aliphatic carbocycles. The number of carbonyl (C=O) groups is 1. The van der Waals surface area contributed by atoms with E-state index in [0.29, 0.717) is 12.0 Å². The lowest BCUT2D eigenvalue weighted by Crippen LogP contribution is -2.24. The van der Waals surface area contributed by atoms with E-state index in [2.05, 4.69) is 0 Å². The van der Waals surface area contributed by atoms with Crippen LogP contribution in [0.4, 0.5) is 0 Å². The van der Waals surface area contributed by atoms with E-state index in [4.69, 9.17) is 0 Å². The summed E-state index contributed by atoms with van der Waals surface area (Å²) in [6.07, 6.45) is 0.637. The molecule has 1 aromatic carbocycles. The average Bonchev–Trinajstić information content (AvgIpc) is 2.27. The Kier molecular flexibility index (Phi) is 5.26. The first-order valence-corrected chi connectivity index (χ1v) is 7.71. The van der Waals surface area contributed by atoms with Crippen LogP contribution < -0.4 is 0 Å². The molecule has 106 valence electrons. The smallest absolute Gasteiger partial charge is 0.242 e. The van der Waals surface area contributed by atoms with Gasteiger partial charge in [-0.15, -0.1) is 0 Å². The Hall–Kier alpha value is -1.20. The van der Waals surface area contributed by atoms with Gasteiger partial charge in [-0.3, -0.25) is 4.79 Å². The first-order chi connectivity index (χ1) is 8.75. The van der Waals surface area contributed by atoms with Crippen molar-refractivity contribution in [2.24, 2.45) is 5.92 Å². The number of hydrogen-bond acceptors (Lipinski definition) is 3. The molecule has 1 rings (SSSR count). The van der Waals surface area contributed by atoms with E-state index in [1.807, 2.05) is 13.8 Å². The van der Waals surface area contributed by atoms with Crippen LogP contribution in [-0.2, 0) is 21.2 Å². The Balaban J connectivity index is 3.07. The molecule has 0 N–H and O–H groups in total. The summed E-state index contributed by atoms with van der Waals surface area (Å²) in [6, 6.07) is 6.68. The van der Waals surface area contributed by atoms with E-state index < -0.39 is 10.0 Å². The Morgan fingerprint density at radius 1 is 1.21 bits per heavy atom. The summed E-state index contributed by atoms with van der Waals surface area (Å²) < 4.78 is 25.5. The van der Waals surface area contributed by atoms with E-state index in [1.54, 1.807) is 24.3 Å². The maximum absolute atomic E-state index is 12.2. The van der Waals surface area contributed by atoms with E-state index in [1.165, 1.54) is 18.4 Å². The summed E-state index contributed by atoms with van der Waals surface area (Å²) in [5.74, 6) is 0.349. The van der Waals surface area contributed by atoms with Crippen molar-refractivity contribution in [1.82, 2.24) is 4.31 Å². The van der Waals surface area contributed by atoms with Crippen LogP contribution in [0.3, 0.4) is 0 Å². The van der Waals surface area contributed by atoms with Gasteiger partial charge in [0.05, 0.1) is 4.90 Å². The van der Waals surface area contributed by atoms with Crippen molar-refractivity contribution in [2.75, 3.05) is 14.1 Å². The highest BCUT2D eigenvalue weighted by Crippen LogP contribution is 2.20. The molecule has 0 heterocycles. The van der Waals surface area contributed by atoms with Gasteiger partial charge in [0.2, 0.25) is 10.0 Å². The average molecular weight is 283 g/mol. The molecule has 0 bridgehead atoms. The molecule has 0 saturated carbocycles. The van der Waals surface area contributed by atoms with Gasteiger partial charge < -0.3 is 0 Å². The number of rotatable bonds is 6. The minimum atomic E-state index is -3.50. The minimum Gasteiger partial charge on any atom is -0.299 e. The van der Waals surface area contributed by atoms with Gasteiger partial charge in [0.25, 0.3) is 0 Å². The third-order valence-corrected chi connectivity index (χ3v) is 4.67. The Morgan fingerprint density at radius 3 is 2.32 bits per heavy atom. The molecule has 0 atom stereocenters. The second-order valence-corrected chi connectivity index (χ2v) is 7.33. The predicted molar refractivity (Wildman–Crippen MR) is 75.5 cm³/mol. The minimum absolute atomic E-state index is 0.0661. The molecular weight excluding hydrogens is 262 g/mol. The van der Waals surface area contributed by atoms with Gasteiger partial charge in [0, 0.05) is 26.9 Å². The summed E-state index contributed by atoms with van der Waals surface area (Å²) >= 11 is 0. The van der Waals surface area contributed by atoms with Crippen LogP contribution in [0.2, 0.25) is 0 Å². The van der Waals surface area contributed by atoms with Gasteiger partial charge in [0.1, 0.15) is 5.78 Å². The second kappa shape index (κ2) is 6.30. The highest BCUT2D eigenvalue weighted by molar-refractivity contribution is 7.89. The zero-order chi connectivity index (χ0) is 14.6. The standard InChI is InChI=1S/C14H21NO3S/c1-11(2)9-13(16)10-12-7-5-6-8-14(12)19(17,18)15(3)4/h5-8,11H,9-10H2,1-4H3. The summed E-state index contributed by atoms with van der Waals surface area (Å²) in [5.41, 5.74) is 0.571. The molecule has 1 aromatic rings. The number of ketones is 1. The normalized spacial score (nSPS) is 12.1. The highest BCUT2D eigenvalue weighted by Gasteiger charge is 2.21. The molecule has 19 heavy (non-hydrogen) atoms. The monoisotopic (exact) mass is 283 g/mol. The van der Waals surface area contributed by atoms with Gasteiger partial charge in [0.15, 0.2) is 0 Å². The first kappa shape index (κ1) is 15.9. The number of sulfonamides is 1. The molecule has 0 radical (unpaired) electrons. The zero-order valence-electron chi connectivity index (χ0n) is 11.9.